The van der Waals surface area contributed by atoms with E-state index in [1.54, 1.807) is 7.05 Å². The number of likely N-dealkylation sites (N-methyl/N-ethyl adjacent to an activating group) is 1. The van der Waals surface area contributed by atoms with Gasteiger partial charge in [-0.25, -0.2) is 0 Å². The number of amides is 1. The van der Waals surface area contributed by atoms with Gasteiger partial charge < -0.3 is 24.6 Å². The van der Waals surface area contributed by atoms with Gasteiger partial charge in [-0.2, -0.15) is 13.2 Å². The zero-order valence-corrected chi connectivity index (χ0v) is 14.5. The highest BCUT2D eigenvalue weighted by atomic mass is 19.4. The highest BCUT2D eigenvalue weighted by molar-refractivity contribution is 5.86. The Balaban J connectivity index is 1.84. The van der Waals surface area contributed by atoms with Gasteiger partial charge in [-0.1, -0.05) is 0 Å². The number of nitrogens with one attached hydrogen (secondary N) is 1. The van der Waals surface area contributed by atoms with E-state index in [0.29, 0.717) is 30.6 Å². The summed E-state index contributed by atoms with van der Waals surface area (Å²) < 4.78 is 48.4. The summed E-state index contributed by atoms with van der Waals surface area (Å²) in [4.78, 5) is 18.5. The van der Waals surface area contributed by atoms with Crippen LogP contribution in [0.2, 0.25) is 0 Å². The molecule has 2 saturated heterocycles. The van der Waals surface area contributed by atoms with Crippen molar-refractivity contribution < 1.29 is 27.4 Å². The minimum atomic E-state index is -4.41. The average Bonchev–Trinajstić information content (AvgIpc) is 3.08. The Morgan fingerprint density at radius 2 is 2.04 bits per heavy atom. The number of morpholine rings is 1. The number of guanidine groups is 1. The molecule has 0 spiro atoms. The van der Waals surface area contributed by atoms with Crippen molar-refractivity contribution in [1.29, 1.82) is 0 Å². The topological polar surface area (TPSA) is 66.4 Å². The quantitative estimate of drug-likeness (QED) is 0.579. The van der Waals surface area contributed by atoms with Crippen molar-refractivity contribution in [3.63, 3.8) is 0 Å². The maximum Gasteiger partial charge on any atom is 0.406 e. The van der Waals surface area contributed by atoms with Gasteiger partial charge in [0.1, 0.15) is 12.6 Å². The number of alkyl halides is 3. The summed E-state index contributed by atoms with van der Waals surface area (Å²) in [7, 11) is 2.70. The number of ether oxygens (including phenoxy) is 2. The molecule has 2 rings (SSSR count). The van der Waals surface area contributed by atoms with Crippen LogP contribution in [0.15, 0.2) is 4.99 Å². The van der Waals surface area contributed by atoms with E-state index in [-0.39, 0.29) is 18.8 Å². The molecule has 0 aromatic carbocycles. The van der Waals surface area contributed by atoms with Crippen LogP contribution in [0.5, 0.6) is 0 Å². The lowest BCUT2D eigenvalue weighted by atomic mass is 10.1. The van der Waals surface area contributed by atoms with Crippen LogP contribution in [-0.4, -0.2) is 93.5 Å². The van der Waals surface area contributed by atoms with Gasteiger partial charge in [-0.05, 0) is 12.8 Å². The second kappa shape index (κ2) is 8.70. The van der Waals surface area contributed by atoms with Crippen molar-refractivity contribution in [2.45, 2.75) is 31.2 Å². The average molecular weight is 366 g/mol. The Kier molecular flexibility index (Phi) is 6.88. The van der Waals surface area contributed by atoms with E-state index in [4.69, 9.17) is 9.47 Å². The first-order chi connectivity index (χ1) is 11.8. The van der Waals surface area contributed by atoms with E-state index >= 15 is 0 Å². The predicted molar refractivity (Wildman–Crippen MR) is 85.3 cm³/mol. The lowest BCUT2D eigenvalue weighted by molar-refractivity contribution is -0.157. The molecule has 2 fully saturated rings. The highest BCUT2D eigenvalue weighted by Gasteiger charge is 2.33. The number of carbonyl (C=O) groups excluding carboxylic acids is 1. The Morgan fingerprint density at radius 3 is 2.64 bits per heavy atom. The molecule has 1 N–H and O–H groups in total. The molecule has 2 aliphatic rings. The van der Waals surface area contributed by atoms with Gasteiger partial charge in [0, 0.05) is 33.8 Å². The number of aliphatic imine (C=N–C) groups is 1. The van der Waals surface area contributed by atoms with Gasteiger partial charge in [0.05, 0.1) is 19.3 Å². The molecule has 2 aliphatic heterocycles. The zero-order valence-electron chi connectivity index (χ0n) is 14.5. The van der Waals surface area contributed by atoms with Crippen molar-refractivity contribution >= 4 is 11.9 Å². The summed E-state index contributed by atoms with van der Waals surface area (Å²) in [5, 5.41) is 2.84. The summed E-state index contributed by atoms with van der Waals surface area (Å²) in [5.41, 5.74) is 0. The van der Waals surface area contributed by atoms with Crippen LogP contribution < -0.4 is 5.32 Å². The standard InChI is InChI=1S/C15H25F3N4O3/c1-19-14(20-8-13(23)21(2)10-15(16,17)18)22-5-7-25-12(9-22)11-4-3-6-24-11/h11-12H,3-10H2,1-2H3,(H,19,20). The summed E-state index contributed by atoms with van der Waals surface area (Å²) in [6.07, 6.45) is -2.47. The van der Waals surface area contributed by atoms with Gasteiger partial charge in [0.25, 0.3) is 0 Å². The monoisotopic (exact) mass is 366 g/mol. The fourth-order valence-corrected chi connectivity index (χ4v) is 2.97. The van der Waals surface area contributed by atoms with E-state index in [9.17, 15) is 18.0 Å². The number of hydrogen-bond acceptors (Lipinski definition) is 4. The maximum absolute atomic E-state index is 12.3. The van der Waals surface area contributed by atoms with E-state index in [1.807, 2.05) is 4.90 Å². The SMILES string of the molecule is CN=C(NCC(=O)N(C)CC(F)(F)F)N1CCOC(C2CCCO2)C1. The maximum atomic E-state index is 12.3. The number of hydrogen-bond donors (Lipinski definition) is 1. The minimum Gasteiger partial charge on any atom is -0.375 e. The number of nitrogens with zero attached hydrogens (tertiary/aromatic N) is 3. The third kappa shape index (κ3) is 6.03. The molecule has 0 saturated carbocycles. The van der Waals surface area contributed by atoms with Crippen LogP contribution in [-0.2, 0) is 14.3 Å². The second-order valence-corrected chi connectivity index (χ2v) is 6.17. The molecular formula is C15H25F3N4O3. The van der Waals surface area contributed by atoms with E-state index in [0.717, 1.165) is 26.5 Å². The molecule has 0 bridgehead atoms. The smallest absolute Gasteiger partial charge is 0.375 e. The van der Waals surface area contributed by atoms with Gasteiger partial charge in [-0.15, -0.1) is 0 Å². The first kappa shape index (κ1) is 19.8. The van der Waals surface area contributed by atoms with Crippen LogP contribution in [0.1, 0.15) is 12.8 Å². The molecule has 7 nitrogen and oxygen atoms in total. The lowest BCUT2D eigenvalue weighted by Gasteiger charge is -2.37. The third-order valence-corrected chi connectivity index (χ3v) is 4.22. The summed E-state index contributed by atoms with van der Waals surface area (Å²) in [5.74, 6) is -0.178. The Morgan fingerprint density at radius 1 is 1.32 bits per heavy atom. The molecule has 1 amide bonds. The molecule has 0 aromatic rings. The molecule has 0 radical (unpaired) electrons. The molecule has 10 heteroatoms. The van der Waals surface area contributed by atoms with Gasteiger partial charge in [-0.3, -0.25) is 9.79 Å². The fraction of sp³-hybridized carbons (Fsp3) is 0.867. The van der Waals surface area contributed by atoms with E-state index in [1.165, 1.54) is 0 Å². The summed E-state index contributed by atoms with van der Waals surface area (Å²) >= 11 is 0. The zero-order chi connectivity index (χ0) is 18.4. The first-order valence-electron chi connectivity index (χ1n) is 8.29. The largest absolute Gasteiger partial charge is 0.406 e. The van der Waals surface area contributed by atoms with Gasteiger partial charge >= 0.3 is 6.18 Å². The number of carbonyl (C=O) groups is 1. The molecule has 0 aliphatic carbocycles. The molecule has 25 heavy (non-hydrogen) atoms. The molecular weight excluding hydrogens is 341 g/mol. The Labute approximate surface area is 145 Å². The third-order valence-electron chi connectivity index (χ3n) is 4.22. The first-order valence-corrected chi connectivity index (χ1v) is 8.29. The van der Waals surface area contributed by atoms with Gasteiger partial charge in [0.15, 0.2) is 5.96 Å². The molecule has 2 atom stereocenters. The molecule has 0 aromatic heterocycles. The molecule has 144 valence electrons. The normalized spacial score (nSPS) is 25.2. The Hall–Kier alpha value is -1.55. The van der Waals surface area contributed by atoms with E-state index in [2.05, 4.69) is 10.3 Å². The van der Waals surface area contributed by atoms with Gasteiger partial charge in [0.2, 0.25) is 5.91 Å². The van der Waals surface area contributed by atoms with Crippen molar-refractivity contribution in [3.8, 4) is 0 Å². The van der Waals surface area contributed by atoms with E-state index < -0.39 is 18.6 Å². The fourth-order valence-electron chi connectivity index (χ4n) is 2.97. The predicted octanol–water partition coefficient (Wildman–Crippen LogP) is 0.462. The van der Waals surface area contributed by atoms with Crippen LogP contribution in [0.3, 0.4) is 0 Å². The van der Waals surface area contributed by atoms with Crippen molar-refractivity contribution in [2.24, 2.45) is 4.99 Å². The van der Waals surface area contributed by atoms with Crippen molar-refractivity contribution in [1.82, 2.24) is 15.1 Å². The van der Waals surface area contributed by atoms with Crippen molar-refractivity contribution in [2.75, 3.05) is 53.5 Å². The molecule has 2 heterocycles. The lowest BCUT2D eigenvalue weighted by Crippen LogP contribution is -2.54. The summed E-state index contributed by atoms with van der Waals surface area (Å²) in [6, 6.07) is 0. The van der Waals surface area contributed by atoms with Crippen LogP contribution in [0.25, 0.3) is 0 Å². The Bertz CT molecular complexity index is 481. The summed E-state index contributed by atoms with van der Waals surface area (Å²) in [6.45, 7) is 0.878. The van der Waals surface area contributed by atoms with Crippen LogP contribution in [0.4, 0.5) is 13.2 Å². The molecule has 2 unspecified atom stereocenters. The van der Waals surface area contributed by atoms with Crippen molar-refractivity contribution in [3.05, 3.63) is 0 Å². The minimum absolute atomic E-state index is 0.0560. The number of rotatable bonds is 4. The highest BCUT2D eigenvalue weighted by Crippen LogP contribution is 2.21. The van der Waals surface area contributed by atoms with Crippen LogP contribution in [0, 0.1) is 0 Å². The second-order valence-electron chi connectivity index (χ2n) is 6.17. The van der Waals surface area contributed by atoms with Crippen LogP contribution >= 0.6 is 0 Å². The number of halogens is 3.